The van der Waals surface area contributed by atoms with Crippen molar-refractivity contribution in [3.05, 3.63) is 78.4 Å². The molecule has 0 saturated carbocycles. The smallest absolute Gasteiger partial charge is 0.248 e. The summed E-state index contributed by atoms with van der Waals surface area (Å²) in [4.78, 5) is 42.7. The molecule has 1 spiro atoms. The van der Waals surface area contributed by atoms with Crippen LogP contribution in [0.3, 0.4) is 0 Å². The van der Waals surface area contributed by atoms with Crippen LogP contribution < -0.4 is 10.6 Å². The predicted molar refractivity (Wildman–Crippen MR) is 152 cm³/mol. The number of aliphatic hydroxyl groups excluding tert-OH is 1. The molecule has 3 amide bonds. The van der Waals surface area contributed by atoms with E-state index in [1.165, 1.54) is 4.90 Å². The number of benzene rings is 3. The van der Waals surface area contributed by atoms with Gasteiger partial charge in [0.25, 0.3) is 0 Å². The topological polar surface area (TPSA) is 98.7 Å². The highest BCUT2D eigenvalue weighted by Gasteiger charge is 2.75. The molecule has 196 valence electrons. The maximum atomic E-state index is 13.9. The number of fused-ring (bicyclic) bond motifs is 2. The fraction of sp³-hybridized carbons (Fsp3) is 0.345. The Labute approximate surface area is 233 Å². The Morgan fingerprint density at radius 2 is 1.76 bits per heavy atom. The van der Waals surface area contributed by atoms with Crippen LogP contribution in [0.4, 0.5) is 5.69 Å². The summed E-state index contributed by atoms with van der Waals surface area (Å²) in [6.07, 6.45) is 0.596. The molecule has 6 atom stereocenters. The summed E-state index contributed by atoms with van der Waals surface area (Å²) in [5.74, 6) is -1.88. The van der Waals surface area contributed by atoms with Gasteiger partial charge >= 0.3 is 0 Å². The molecular weight excluding hydrogens is 566 g/mol. The van der Waals surface area contributed by atoms with Crippen molar-refractivity contribution >= 4 is 61.9 Å². The standard InChI is InChI=1S/C29H28BrN3O4S/c30-21-15-29-23(22(24(21)38-29)26(35)31-16-17-6-2-1-3-7-17)28(37)33(12-13-34)25(29)27(36)32-20-11-10-18-8-4-5-9-19(18)14-20/h1-11,14,21-25,34H,12-13,15-16H2,(H,31,35)(H,32,36)/t21?,22-,23+,24-,25?,29?/m1/s1. The summed E-state index contributed by atoms with van der Waals surface area (Å²) in [6.45, 7) is 0.162. The largest absolute Gasteiger partial charge is 0.395 e. The highest BCUT2D eigenvalue weighted by Crippen LogP contribution is 2.67. The predicted octanol–water partition coefficient (Wildman–Crippen LogP) is 3.55. The van der Waals surface area contributed by atoms with E-state index < -0.39 is 22.6 Å². The Kier molecular flexibility index (Phi) is 6.70. The van der Waals surface area contributed by atoms with Gasteiger partial charge in [0.15, 0.2) is 0 Å². The zero-order valence-corrected chi connectivity index (χ0v) is 23.0. The Bertz CT molecular complexity index is 1400. The van der Waals surface area contributed by atoms with Crippen molar-refractivity contribution < 1.29 is 19.5 Å². The van der Waals surface area contributed by atoms with E-state index >= 15 is 0 Å². The van der Waals surface area contributed by atoms with Gasteiger partial charge in [0.2, 0.25) is 17.7 Å². The third kappa shape index (κ3) is 4.12. The van der Waals surface area contributed by atoms with Crippen molar-refractivity contribution in [3.63, 3.8) is 0 Å². The number of β-amino-alcohol motifs (C(OH)–C–C–N with tert-alkyl or cyclic N) is 1. The summed E-state index contributed by atoms with van der Waals surface area (Å²) in [5, 5.41) is 17.8. The number of likely N-dealkylation sites (tertiary alicyclic amines) is 1. The van der Waals surface area contributed by atoms with E-state index in [1.807, 2.05) is 72.8 Å². The van der Waals surface area contributed by atoms with Crippen molar-refractivity contribution in [3.8, 4) is 0 Å². The molecule has 3 aliphatic heterocycles. The lowest BCUT2D eigenvalue weighted by molar-refractivity contribution is -0.139. The molecule has 6 rings (SSSR count). The summed E-state index contributed by atoms with van der Waals surface area (Å²) in [5.41, 5.74) is 1.63. The third-order valence-electron chi connectivity index (χ3n) is 8.01. The van der Waals surface area contributed by atoms with E-state index in [4.69, 9.17) is 0 Å². The van der Waals surface area contributed by atoms with Crippen LogP contribution in [0, 0.1) is 11.8 Å². The molecule has 2 bridgehead atoms. The van der Waals surface area contributed by atoms with Crippen LogP contribution in [0.2, 0.25) is 0 Å². The first-order valence-corrected chi connectivity index (χ1v) is 14.6. The van der Waals surface area contributed by atoms with Crippen molar-refractivity contribution in [1.82, 2.24) is 10.2 Å². The molecule has 3 saturated heterocycles. The second-order valence-corrected chi connectivity index (χ2v) is 12.9. The number of thioether (sulfide) groups is 1. The van der Waals surface area contributed by atoms with Crippen LogP contribution in [0.15, 0.2) is 72.8 Å². The van der Waals surface area contributed by atoms with E-state index in [0.717, 1.165) is 16.3 Å². The van der Waals surface area contributed by atoms with E-state index in [0.29, 0.717) is 18.7 Å². The minimum absolute atomic E-state index is 0.00549. The minimum Gasteiger partial charge on any atom is -0.395 e. The summed E-state index contributed by atoms with van der Waals surface area (Å²) < 4.78 is -0.749. The number of nitrogens with zero attached hydrogens (tertiary/aromatic N) is 1. The van der Waals surface area contributed by atoms with Gasteiger partial charge in [-0.15, -0.1) is 11.8 Å². The van der Waals surface area contributed by atoms with Crippen LogP contribution in [0.5, 0.6) is 0 Å². The molecule has 3 aromatic rings. The number of anilines is 1. The number of amides is 3. The van der Waals surface area contributed by atoms with E-state index in [2.05, 4.69) is 26.6 Å². The lowest BCUT2D eigenvalue weighted by Gasteiger charge is -2.35. The van der Waals surface area contributed by atoms with Gasteiger partial charge in [0.05, 0.1) is 23.2 Å². The third-order valence-corrected chi connectivity index (χ3v) is 11.2. The van der Waals surface area contributed by atoms with Gasteiger partial charge in [-0.3, -0.25) is 14.4 Å². The lowest BCUT2D eigenvalue weighted by atomic mass is 9.70. The quantitative estimate of drug-likeness (QED) is 0.364. The minimum atomic E-state index is -0.791. The van der Waals surface area contributed by atoms with Crippen LogP contribution in [-0.2, 0) is 20.9 Å². The maximum absolute atomic E-state index is 13.9. The van der Waals surface area contributed by atoms with Gasteiger partial charge in [0, 0.05) is 28.9 Å². The monoisotopic (exact) mass is 593 g/mol. The normalized spacial score (nSPS) is 29.5. The number of rotatable bonds is 7. The Morgan fingerprint density at radius 3 is 2.53 bits per heavy atom. The van der Waals surface area contributed by atoms with Gasteiger partial charge in [0.1, 0.15) is 6.04 Å². The molecule has 9 heteroatoms. The average molecular weight is 595 g/mol. The summed E-state index contributed by atoms with van der Waals surface area (Å²) in [6, 6.07) is 22.5. The number of halogens is 1. The highest BCUT2D eigenvalue weighted by atomic mass is 79.9. The number of aliphatic hydroxyl groups is 1. The van der Waals surface area contributed by atoms with Gasteiger partial charge < -0.3 is 20.6 Å². The molecule has 3 heterocycles. The van der Waals surface area contributed by atoms with Crippen LogP contribution >= 0.6 is 27.7 Å². The van der Waals surface area contributed by atoms with Crippen molar-refractivity contribution in [2.75, 3.05) is 18.5 Å². The Balaban J connectivity index is 1.29. The average Bonchev–Trinajstić information content (AvgIpc) is 3.51. The number of carbonyl (C=O) groups excluding carboxylic acids is 3. The number of nitrogens with one attached hydrogen (secondary N) is 2. The molecule has 0 radical (unpaired) electrons. The number of carbonyl (C=O) groups is 3. The molecule has 3 unspecified atom stereocenters. The first-order chi connectivity index (χ1) is 18.4. The fourth-order valence-electron chi connectivity index (χ4n) is 6.46. The zero-order chi connectivity index (χ0) is 26.4. The number of hydrogen-bond donors (Lipinski definition) is 3. The SMILES string of the molecule is O=C(Nc1ccc2ccccc2c1)C1N(CCO)C(=O)[C@@H]2[C@@H](C(=O)NCc3ccccc3)[C@@H]3SC12CC3Br. The molecule has 38 heavy (non-hydrogen) atoms. The Morgan fingerprint density at radius 1 is 1.03 bits per heavy atom. The van der Waals surface area contributed by atoms with E-state index in [-0.39, 0.29) is 41.0 Å². The van der Waals surface area contributed by atoms with Crippen molar-refractivity contribution in [2.24, 2.45) is 11.8 Å². The van der Waals surface area contributed by atoms with Gasteiger partial charge in [-0.25, -0.2) is 0 Å². The second-order valence-electron chi connectivity index (χ2n) is 10.2. The van der Waals surface area contributed by atoms with Crippen molar-refractivity contribution in [2.45, 2.75) is 33.8 Å². The Hall–Kier alpha value is -2.88. The van der Waals surface area contributed by atoms with Gasteiger partial charge in [-0.05, 0) is 34.9 Å². The van der Waals surface area contributed by atoms with Crippen LogP contribution in [0.25, 0.3) is 10.8 Å². The summed E-state index contributed by atoms with van der Waals surface area (Å²) in [7, 11) is 0. The molecule has 3 aromatic carbocycles. The maximum Gasteiger partial charge on any atom is 0.248 e. The molecule has 3 fully saturated rings. The van der Waals surface area contributed by atoms with Crippen molar-refractivity contribution in [1.29, 1.82) is 0 Å². The number of alkyl halides is 1. The van der Waals surface area contributed by atoms with Crippen LogP contribution in [0.1, 0.15) is 12.0 Å². The molecule has 7 nitrogen and oxygen atoms in total. The zero-order valence-electron chi connectivity index (χ0n) is 20.5. The van der Waals surface area contributed by atoms with Gasteiger partial charge in [-0.1, -0.05) is 76.6 Å². The summed E-state index contributed by atoms with van der Waals surface area (Å²) >= 11 is 5.36. The molecule has 0 aliphatic carbocycles. The molecule has 3 N–H and O–H groups in total. The molecular formula is C29H28BrN3O4S. The second kappa shape index (κ2) is 10.0. The van der Waals surface area contributed by atoms with Crippen LogP contribution in [-0.4, -0.2) is 61.7 Å². The first kappa shape index (κ1) is 25.4. The molecule has 3 aliphatic rings. The number of hydrogen-bond acceptors (Lipinski definition) is 5. The van der Waals surface area contributed by atoms with E-state index in [1.54, 1.807) is 11.8 Å². The van der Waals surface area contributed by atoms with Gasteiger partial charge in [-0.2, -0.15) is 0 Å². The lowest BCUT2D eigenvalue weighted by Crippen LogP contribution is -2.53. The fourth-order valence-corrected chi connectivity index (χ4v) is 10.1. The van der Waals surface area contributed by atoms with E-state index in [9.17, 15) is 19.5 Å². The first-order valence-electron chi connectivity index (χ1n) is 12.8. The highest BCUT2D eigenvalue weighted by molar-refractivity contribution is 9.09. The molecule has 0 aromatic heterocycles.